The SMILES string of the molecule is COC1C(OC(=O)NCCNC(=O)C(CC(=O)O)NC(=O)CNC(=O)C(N)CCCN=C(N)N)CCC2(CO2)C1C1(C)OC1CCC(C)C. The minimum absolute atomic E-state index is 0.0333. The van der Waals surface area contributed by atoms with Crippen LogP contribution >= 0.6 is 0 Å². The van der Waals surface area contributed by atoms with E-state index in [1.807, 2.05) is 0 Å². The monoisotopic (exact) mass is 698 g/mol. The Morgan fingerprint density at radius 3 is 2.37 bits per heavy atom. The van der Waals surface area contributed by atoms with Gasteiger partial charge >= 0.3 is 12.1 Å². The van der Waals surface area contributed by atoms with Crippen LogP contribution in [-0.4, -0.2) is 122 Å². The normalized spacial score (nSPS) is 28.1. The second-order valence-electron chi connectivity index (χ2n) is 13.5. The Morgan fingerprint density at radius 1 is 1.06 bits per heavy atom. The third kappa shape index (κ3) is 11.7. The number of alkyl carbamates (subject to hydrolysis) is 1. The van der Waals surface area contributed by atoms with Crippen LogP contribution in [0.3, 0.4) is 0 Å². The van der Waals surface area contributed by atoms with E-state index in [0.717, 1.165) is 12.8 Å². The molecule has 18 nitrogen and oxygen atoms in total. The highest BCUT2D eigenvalue weighted by Gasteiger charge is 2.72. The van der Waals surface area contributed by atoms with Crippen molar-refractivity contribution in [3.63, 3.8) is 0 Å². The van der Waals surface area contributed by atoms with Crippen LogP contribution in [-0.2, 0) is 38.1 Å². The van der Waals surface area contributed by atoms with Gasteiger partial charge in [-0.15, -0.1) is 0 Å². The Morgan fingerprint density at radius 2 is 1.76 bits per heavy atom. The topological polar surface area (TPSA) is 288 Å². The third-order valence-electron chi connectivity index (χ3n) is 9.21. The fourth-order valence-corrected chi connectivity index (χ4v) is 6.51. The molecule has 1 saturated carbocycles. The molecule has 1 spiro atoms. The molecule has 11 N–H and O–H groups in total. The summed E-state index contributed by atoms with van der Waals surface area (Å²) in [6.45, 7) is 6.69. The number of aliphatic carboxylic acids is 1. The van der Waals surface area contributed by atoms with Crippen LogP contribution in [0.5, 0.6) is 0 Å². The molecule has 3 aliphatic rings. The minimum atomic E-state index is -1.43. The molecule has 2 heterocycles. The quantitative estimate of drug-likeness (QED) is 0.0309. The lowest BCUT2D eigenvalue weighted by molar-refractivity contribution is -0.140. The number of methoxy groups -OCH3 is 1. The van der Waals surface area contributed by atoms with Crippen molar-refractivity contribution in [3.8, 4) is 0 Å². The highest BCUT2D eigenvalue weighted by Crippen LogP contribution is 2.59. The molecule has 2 aliphatic heterocycles. The molecular weight excluding hydrogens is 644 g/mol. The second kappa shape index (κ2) is 17.8. The molecule has 278 valence electrons. The molecule has 1 aliphatic carbocycles. The number of aliphatic imine (C=N–C) groups is 1. The minimum Gasteiger partial charge on any atom is -0.481 e. The number of hydrogen-bond acceptors (Lipinski definition) is 11. The van der Waals surface area contributed by atoms with Crippen LogP contribution in [0.1, 0.15) is 65.7 Å². The van der Waals surface area contributed by atoms with Gasteiger partial charge in [-0.2, -0.15) is 0 Å². The van der Waals surface area contributed by atoms with Gasteiger partial charge in [-0.1, -0.05) is 13.8 Å². The maximum absolute atomic E-state index is 12.8. The van der Waals surface area contributed by atoms with E-state index in [4.69, 9.17) is 36.1 Å². The van der Waals surface area contributed by atoms with Gasteiger partial charge in [0.15, 0.2) is 5.96 Å². The van der Waals surface area contributed by atoms with Crippen LogP contribution in [0.15, 0.2) is 4.99 Å². The first-order chi connectivity index (χ1) is 23.1. The zero-order valence-corrected chi connectivity index (χ0v) is 28.8. The van der Waals surface area contributed by atoms with E-state index in [-0.39, 0.29) is 49.6 Å². The predicted octanol–water partition coefficient (Wildman–Crippen LogP) is -1.56. The van der Waals surface area contributed by atoms with E-state index < -0.39 is 72.6 Å². The van der Waals surface area contributed by atoms with Gasteiger partial charge in [0.05, 0.1) is 37.6 Å². The molecule has 0 radical (unpaired) electrons. The highest BCUT2D eigenvalue weighted by molar-refractivity contribution is 5.92. The van der Waals surface area contributed by atoms with Gasteiger partial charge in [-0.3, -0.25) is 24.2 Å². The Hall–Kier alpha value is -3.74. The van der Waals surface area contributed by atoms with Crippen molar-refractivity contribution in [2.24, 2.45) is 34.0 Å². The summed E-state index contributed by atoms with van der Waals surface area (Å²) in [5.74, 6) is -3.16. The average Bonchev–Trinajstić information content (AvgIpc) is 3.95. The van der Waals surface area contributed by atoms with Gasteiger partial charge in [-0.05, 0) is 51.4 Å². The number of carboxylic acid groups (broad SMARTS) is 1. The Labute approximate surface area is 286 Å². The van der Waals surface area contributed by atoms with Crippen LogP contribution in [0.2, 0.25) is 0 Å². The molecule has 8 atom stereocenters. The molecule has 49 heavy (non-hydrogen) atoms. The van der Waals surface area contributed by atoms with Gasteiger partial charge in [0.2, 0.25) is 17.7 Å². The standard InChI is InChI=1S/C31H54N8O10/c1-17(2)7-8-21-30(3,49-21)25-24(46-4)20(9-10-31(25)16-47-31)48-29(45)37-13-12-35-27(44)19(14-23(41)42)39-22(40)15-38-26(43)18(32)6-5-11-36-28(33)34/h17-21,24-25H,5-16,32H2,1-4H3,(H,35,44)(H,37,45)(H,38,43)(H,39,40)(H,41,42)(H4,33,34,36). The average molecular weight is 699 g/mol. The van der Waals surface area contributed by atoms with Gasteiger partial charge in [0.1, 0.15) is 29.5 Å². The Balaban J connectivity index is 1.42. The molecule has 3 fully saturated rings. The fourth-order valence-electron chi connectivity index (χ4n) is 6.51. The molecule has 4 amide bonds. The number of epoxide rings is 2. The van der Waals surface area contributed by atoms with Crippen molar-refractivity contribution >= 4 is 35.7 Å². The number of ether oxygens (including phenoxy) is 4. The number of hydrogen-bond donors (Lipinski definition) is 8. The largest absolute Gasteiger partial charge is 0.481 e. The number of carbonyl (C=O) groups is 5. The van der Waals surface area contributed by atoms with Gasteiger partial charge in [0.25, 0.3) is 0 Å². The summed E-state index contributed by atoms with van der Waals surface area (Å²) < 4.78 is 23.8. The first-order valence-corrected chi connectivity index (χ1v) is 16.8. The summed E-state index contributed by atoms with van der Waals surface area (Å²) in [5.41, 5.74) is 15.5. The lowest BCUT2D eigenvalue weighted by atomic mass is 9.68. The number of carboxylic acids is 1. The zero-order chi connectivity index (χ0) is 36.4. The lowest BCUT2D eigenvalue weighted by Crippen LogP contribution is -2.56. The van der Waals surface area contributed by atoms with Crippen molar-refractivity contribution in [3.05, 3.63) is 0 Å². The summed E-state index contributed by atoms with van der Waals surface area (Å²) in [4.78, 5) is 65.2. The van der Waals surface area contributed by atoms with E-state index in [9.17, 15) is 29.1 Å². The first-order valence-electron chi connectivity index (χ1n) is 16.8. The summed E-state index contributed by atoms with van der Waals surface area (Å²) in [5, 5.41) is 19.0. The van der Waals surface area contributed by atoms with Crippen molar-refractivity contribution in [1.29, 1.82) is 0 Å². The Kier molecular flexibility index (Phi) is 14.4. The molecule has 0 aromatic carbocycles. The first kappa shape index (κ1) is 39.7. The predicted molar refractivity (Wildman–Crippen MR) is 176 cm³/mol. The third-order valence-corrected chi connectivity index (χ3v) is 9.21. The summed E-state index contributed by atoms with van der Waals surface area (Å²) in [6, 6.07) is -2.36. The van der Waals surface area contributed by atoms with Crippen molar-refractivity contribution in [2.75, 3.05) is 39.9 Å². The second-order valence-corrected chi connectivity index (χ2v) is 13.5. The number of nitrogens with zero attached hydrogens (tertiary/aromatic N) is 1. The summed E-state index contributed by atoms with van der Waals surface area (Å²) >= 11 is 0. The molecule has 2 saturated heterocycles. The van der Waals surface area contributed by atoms with E-state index in [1.165, 1.54) is 0 Å². The molecule has 0 bridgehead atoms. The molecule has 8 unspecified atom stereocenters. The Bertz CT molecular complexity index is 1210. The van der Waals surface area contributed by atoms with Crippen LogP contribution < -0.4 is 38.5 Å². The number of guanidine groups is 1. The van der Waals surface area contributed by atoms with Crippen LogP contribution in [0, 0.1) is 11.8 Å². The molecule has 3 rings (SSSR count). The highest BCUT2D eigenvalue weighted by atomic mass is 16.6. The van der Waals surface area contributed by atoms with Crippen LogP contribution in [0.4, 0.5) is 4.79 Å². The van der Waals surface area contributed by atoms with E-state index in [0.29, 0.717) is 31.8 Å². The number of amides is 4. The maximum atomic E-state index is 12.8. The van der Waals surface area contributed by atoms with E-state index in [1.54, 1.807) is 7.11 Å². The van der Waals surface area contributed by atoms with Gasteiger partial charge in [-0.25, -0.2) is 4.79 Å². The molecule has 18 heteroatoms. The summed E-state index contributed by atoms with van der Waals surface area (Å²) in [6.07, 6.45) is 1.61. The van der Waals surface area contributed by atoms with Crippen molar-refractivity contribution < 1.29 is 48.0 Å². The zero-order valence-electron chi connectivity index (χ0n) is 28.8. The molecule has 0 aromatic heterocycles. The van der Waals surface area contributed by atoms with Crippen LogP contribution in [0.25, 0.3) is 0 Å². The van der Waals surface area contributed by atoms with Crippen molar-refractivity contribution in [2.45, 2.75) is 107 Å². The number of nitrogens with two attached hydrogens (primary N) is 3. The van der Waals surface area contributed by atoms with E-state index in [2.05, 4.69) is 47.0 Å². The molecule has 0 aromatic rings. The van der Waals surface area contributed by atoms with E-state index >= 15 is 0 Å². The summed E-state index contributed by atoms with van der Waals surface area (Å²) in [7, 11) is 1.59. The lowest BCUT2D eigenvalue weighted by Gasteiger charge is -2.42. The maximum Gasteiger partial charge on any atom is 0.407 e. The smallest absolute Gasteiger partial charge is 0.407 e. The van der Waals surface area contributed by atoms with Gasteiger partial charge < -0.3 is 62.5 Å². The van der Waals surface area contributed by atoms with Gasteiger partial charge in [0, 0.05) is 26.7 Å². The molecular formula is C31H54N8O10. The number of nitrogens with one attached hydrogen (secondary N) is 4. The number of carbonyl (C=O) groups excluding carboxylic acids is 4. The van der Waals surface area contributed by atoms with Crippen molar-refractivity contribution in [1.82, 2.24) is 21.3 Å². The fraction of sp³-hybridized carbons (Fsp3) is 0.806. The number of rotatable bonds is 20.